The lowest BCUT2D eigenvalue weighted by molar-refractivity contribution is -0.0227. The second-order valence-corrected chi connectivity index (χ2v) is 10.7. The molecule has 3 aromatic rings. The second-order valence-electron chi connectivity index (χ2n) is 9.78. The highest BCUT2D eigenvalue weighted by Crippen LogP contribution is 2.31. The molecule has 2 aromatic heterocycles. The Labute approximate surface area is 198 Å². The number of amides is 1. The molecule has 0 bridgehead atoms. The Morgan fingerprint density at radius 2 is 1.91 bits per heavy atom. The second kappa shape index (κ2) is 8.60. The number of hydrogen-bond donors (Lipinski definition) is 0. The average Bonchev–Trinajstić information content (AvgIpc) is 3.10. The number of ether oxygens (including phenoxy) is 1. The minimum atomic E-state index is -0.235. The van der Waals surface area contributed by atoms with Crippen LogP contribution in [-0.4, -0.2) is 45.3 Å². The van der Waals surface area contributed by atoms with E-state index in [1.165, 1.54) is 0 Å². The fourth-order valence-electron chi connectivity index (χ4n) is 4.12. The topological polar surface area (TPSA) is 60.2 Å². The monoisotopic (exact) mass is 498 g/mol. The average molecular weight is 499 g/mol. The molecule has 0 aliphatic carbocycles. The van der Waals surface area contributed by atoms with E-state index < -0.39 is 0 Å². The van der Waals surface area contributed by atoms with E-state index in [0.29, 0.717) is 25.3 Å². The summed E-state index contributed by atoms with van der Waals surface area (Å²) in [5.41, 5.74) is 4.04. The first-order valence-corrected chi connectivity index (χ1v) is 11.9. The van der Waals surface area contributed by atoms with E-state index in [9.17, 15) is 4.79 Å². The maximum absolute atomic E-state index is 13.8. The normalized spacial score (nSPS) is 17.4. The lowest BCUT2D eigenvalue weighted by atomic mass is 10.0. The molecule has 32 heavy (non-hydrogen) atoms. The summed E-state index contributed by atoms with van der Waals surface area (Å²) in [4.78, 5) is 20.7. The highest BCUT2D eigenvalue weighted by Gasteiger charge is 2.30. The van der Waals surface area contributed by atoms with Crippen LogP contribution in [0.15, 0.2) is 34.8 Å². The predicted molar refractivity (Wildman–Crippen MR) is 130 cm³/mol. The van der Waals surface area contributed by atoms with E-state index >= 15 is 0 Å². The van der Waals surface area contributed by atoms with Crippen molar-refractivity contribution in [2.24, 2.45) is 0 Å². The van der Waals surface area contributed by atoms with Gasteiger partial charge >= 0.3 is 0 Å². The minimum Gasteiger partial charge on any atom is -0.370 e. The maximum atomic E-state index is 13.8. The third-order valence-corrected chi connectivity index (χ3v) is 6.41. The molecule has 1 aliphatic heterocycles. The van der Waals surface area contributed by atoms with Crippen molar-refractivity contribution in [2.45, 2.75) is 59.1 Å². The molecule has 170 valence electrons. The highest BCUT2D eigenvalue weighted by atomic mass is 79.9. The molecule has 1 aliphatic rings. The van der Waals surface area contributed by atoms with E-state index in [2.05, 4.69) is 50.5 Å². The number of halogens is 1. The molecule has 1 fully saturated rings. The van der Waals surface area contributed by atoms with Crippen molar-refractivity contribution in [1.29, 1.82) is 0 Å². The van der Waals surface area contributed by atoms with Crippen LogP contribution < -0.4 is 0 Å². The zero-order valence-corrected chi connectivity index (χ0v) is 21.2. The number of morpholine rings is 1. The van der Waals surface area contributed by atoms with Crippen LogP contribution in [0, 0.1) is 6.92 Å². The summed E-state index contributed by atoms with van der Waals surface area (Å²) < 4.78 is 8.98. The number of carbonyl (C=O) groups is 1. The first-order valence-electron chi connectivity index (χ1n) is 11.1. The molecule has 7 heteroatoms. The Hall–Kier alpha value is -2.25. The molecule has 3 heterocycles. The van der Waals surface area contributed by atoms with Crippen molar-refractivity contribution >= 4 is 32.9 Å². The summed E-state index contributed by atoms with van der Waals surface area (Å²) in [6, 6.07) is 10.1. The number of benzene rings is 1. The first-order chi connectivity index (χ1) is 15.1. The molecule has 6 nitrogen and oxygen atoms in total. The fourth-order valence-corrected chi connectivity index (χ4v) is 4.39. The third-order valence-electron chi connectivity index (χ3n) is 5.89. The molecular weight excluding hydrogens is 468 g/mol. The summed E-state index contributed by atoms with van der Waals surface area (Å²) in [6.07, 6.45) is -0.138. The molecule has 1 amide bonds. The van der Waals surface area contributed by atoms with Gasteiger partial charge in [-0.05, 0) is 57.4 Å². The van der Waals surface area contributed by atoms with Gasteiger partial charge < -0.3 is 9.64 Å². The lowest BCUT2D eigenvalue weighted by Gasteiger charge is -2.33. The van der Waals surface area contributed by atoms with Crippen LogP contribution in [-0.2, 0) is 10.3 Å². The number of fused-ring (bicyclic) bond motifs is 1. The van der Waals surface area contributed by atoms with Crippen molar-refractivity contribution in [3.8, 4) is 0 Å². The van der Waals surface area contributed by atoms with Gasteiger partial charge in [0.25, 0.3) is 5.91 Å². The predicted octanol–water partition coefficient (Wildman–Crippen LogP) is 5.59. The van der Waals surface area contributed by atoms with Gasteiger partial charge in [0.05, 0.1) is 35.3 Å². The van der Waals surface area contributed by atoms with Crippen LogP contribution >= 0.6 is 15.9 Å². The zero-order valence-electron chi connectivity index (χ0n) is 19.6. The van der Waals surface area contributed by atoms with E-state index in [4.69, 9.17) is 14.8 Å². The number of hydrogen-bond acceptors (Lipinski definition) is 4. The molecule has 0 radical (unpaired) electrons. The van der Waals surface area contributed by atoms with Gasteiger partial charge in [0.2, 0.25) is 0 Å². The molecule has 1 atom stereocenters. The first kappa shape index (κ1) is 22.9. The smallest absolute Gasteiger partial charge is 0.254 e. The largest absolute Gasteiger partial charge is 0.370 e. The van der Waals surface area contributed by atoms with Crippen molar-refractivity contribution in [1.82, 2.24) is 19.7 Å². The number of rotatable bonds is 3. The van der Waals surface area contributed by atoms with Gasteiger partial charge in [-0.25, -0.2) is 9.67 Å². The standard InChI is InChI=1S/C25H31BrN4O2/c1-15(2)20-13-19(22-16(3)28-30(23(22)27-20)25(4,5)6)24(31)29-11-12-32-21(14-29)17-7-9-18(26)10-8-17/h7-10,13,15,21H,11-12,14H2,1-6H3. The number of pyridine rings is 1. The summed E-state index contributed by atoms with van der Waals surface area (Å²) >= 11 is 3.48. The minimum absolute atomic E-state index is 0.0151. The van der Waals surface area contributed by atoms with Gasteiger partial charge in [-0.15, -0.1) is 0 Å². The lowest BCUT2D eigenvalue weighted by Crippen LogP contribution is -2.42. The summed E-state index contributed by atoms with van der Waals surface area (Å²) in [6.45, 7) is 14.1. The Kier molecular flexibility index (Phi) is 6.16. The van der Waals surface area contributed by atoms with Gasteiger partial charge in [0, 0.05) is 16.7 Å². The van der Waals surface area contributed by atoms with Crippen molar-refractivity contribution in [2.75, 3.05) is 19.7 Å². The number of aryl methyl sites for hydroxylation is 1. The molecule has 1 aromatic carbocycles. The quantitative estimate of drug-likeness (QED) is 0.471. The highest BCUT2D eigenvalue weighted by molar-refractivity contribution is 9.10. The molecule has 0 spiro atoms. The molecule has 0 saturated carbocycles. The van der Waals surface area contributed by atoms with Gasteiger partial charge in [-0.3, -0.25) is 4.79 Å². The number of nitrogens with zero attached hydrogens (tertiary/aromatic N) is 4. The van der Waals surface area contributed by atoms with Crippen LogP contribution in [0.4, 0.5) is 0 Å². The molecule has 1 saturated heterocycles. The van der Waals surface area contributed by atoms with Crippen LogP contribution in [0.2, 0.25) is 0 Å². The summed E-state index contributed by atoms with van der Waals surface area (Å²) in [5.74, 6) is 0.219. The van der Waals surface area contributed by atoms with Gasteiger partial charge in [0.1, 0.15) is 6.10 Å². The van der Waals surface area contributed by atoms with E-state index in [-0.39, 0.29) is 23.5 Å². The zero-order chi connectivity index (χ0) is 23.2. The van der Waals surface area contributed by atoms with E-state index in [1.54, 1.807) is 0 Å². The fraction of sp³-hybridized carbons (Fsp3) is 0.480. The summed E-state index contributed by atoms with van der Waals surface area (Å²) in [5, 5.41) is 5.62. The Bertz CT molecular complexity index is 1150. The van der Waals surface area contributed by atoms with E-state index in [0.717, 1.165) is 32.5 Å². The van der Waals surface area contributed by atoms with Gasteiger partial charge in [0.15, 0.2) is 5.65 Å². The Balaban J connectivity index is 1.75. The van der Waals surface area contributed by atoms with Crippen LogP contribution in [0.3, 0.4) is 0 Å². The van der Waals surface area contributed by atoms with Crippen molar-refractivity contribution in [3.63, 3.8) is 0 Å². The van der Waals surface area contributed by atoms with E-state index in [1.807, 2.05) is 46.8 Å². The van der Waals surface area contributed by atoms with Crippen molar-refractivity contribution < 1.29 is 9.53 Å². The number of carbonyl (C=O) groups excluding carboxylic acids is 1. The molecule has 4 rings (SSSR count). The Morgan fingerprint density at radius 1 is 1.22 bits per heavy atom. The van der Waals surface area contributed by atoms with Crippen molar-refractivity contribution in [3.05, 3.63) is 57.3 Å². The Morgan fingerprint density at radius 3 is 2.53 bits per heavy atom. The van der Waals surface area contributed by atoms with Gasteiger partial charge in [-0.1, -0.05) is 41.9 Å². The third kappa shape index (κ3) is 4.33. The molecule has 1 unspecified atom stereocenters. The molecular formula is C25H31BrN4O2. The van der Waals surface area contributed by atoms with Crippen LogP contribution in [0.25, 0.3) is 11.0 Å². The van der Waals surface area contributed by atoms with Gasteiger partial charge in [-0.2, -0.15) is 5.10 Å². The van der Waals surface area contributed by atoms with Crippen LogP contribution in [0.5, 0.6) is 0 Å². The SMILES string of the molecule is Cc1nn(C(C)(C)C)c2nc(C(C)C)cc(C(=O)N3CCOC(c4ccc(Br)cc4)C3)c12. The molecule has 0 N–H and O–H groups in total. The number of aromatic nitrogens is 3. The summed E-state index contributed by atoms with van der Waals surface area (Å²) in [7, 11) is 0. The van der Waals surface area contributed by atoms with Crippen LogP contribution in [0.1, 0.15) is 73.9 Å². The maximum Gasteiger partial charge on any atom is 0.254 e.